The van der Waals surface area contributed by atoms with Crippen LogP contribution in [0.3, 0.4) is 0 Å². The van der Waals surface area contributed by atoms with Crippen LogP contribution < -0.4 is 19.5 Å². The van der Waals surface area contributed by atoms with E-state index in [1.165, 1.54) is 11.3 Å². The van der Waals surface area contributed by atoms with Crippen LogP contribution in [0.1, 0.15) is 9.67 Å². The van der Waals surface area contributed by atoms with Gasteiger partial charge in [0.05, 0.1) is 5.69 Å². The molecule has 2 N–H and O–H groups in total. The summed E-state index contributed by atoms with van der Waals surface area (Å²) in [7, 11) is 0. The Hall–Kier alpha value is -3.88. The molecule has 1 aliphatic rings. The third-order valence-corrected chi connectivity index (χ3v) is 6.29. The van der Waals surface area contributed by atoms with Gasteiger partial charge in [-0.25, -0.2) is 4.98 Å². The lowest BCUT2D eigenvalue weighted by Crippen LogP contribution is -2.35. The normalized spacial score (nSPS) is 12.9. The molecule has 5 rings (SSSR count). The monoisotopic (exact) mass is 474 g/mol. The van der Waals surface area contributed by atoms with Crippen LogP contribution in [0, 0.1) is 0 Å². The van der Waals surface area contributed by atoms with Crippen LogP contribution in [0.25, 0.3) is 21.8 Å². The molecule has 172 valence electrons. The number of fused-ring (bicyclic) bond motifs is 1. The number of nitrogens with one attached hydrogen (secondary N) is 1. The highest BCUT2D eigenvalue weighted by Crippen LogP contribution is 2.35. The van der Waals surface area contributed by atoms with Crippen molar-refractivity contribution in [3.8, 4) is 39.1 Å². The van der Waals surface area contributed by atoms with Gasteiger partial charge in [0.1, 0.15) is 28.3 Å². The van der Waals surface area contributed by atoms with Gasteiger partial charge in [0.2, 0.25) is 6.79 Å². The van der Waals surface area contributed by atoms with E-state index < -0.39 is 6.10 Å². The maximum absolute atomic E-state index is 13.1. The van der Waals surface area contributed by atoms with Gasteiger partial charge >= 0.3 is 0 Å². The lowest BCUT2D eigenvalue weighted by molar-refractivity contribution is 0.0847. The Kier molecular flexibility index (Phi) is 6.42. The van der Waals surface area contributed by atoms with E-state index in [-0.39, 0.29) is 25.9 Å². The number of hydrogen-bond acceptors (Lipinski definition) is 7. The minimum absolute atomic E-state index is 0.0173. The molecule has 0 fully saturated rings. The van der Waals surface area contributed by atoms with Gasteiger partial charge in [-0.15, -0.1) is 11.3 Å². The van der Waals surface area contributed by atoms with Gasteiger partial charge in [-0.1, -0.05) is 60.7 Å². The lowest BCUT2D eigenvalue weighted by atomic mass is 10.1. The predicted molar refractivity (Wildman–Crippen MR) is 129 cm³/mol. The molecule has 0 saturated carbocycles. The summed E-state index contributed by atoms with van der Waals surface area (Å²) in [6, 6.07) is 24.6. The summed E-state index contributed by atoms with van der Waals surface area (Å²) in [6.07, 6.45) is -0.893. The highest BCUT2D eigenvalue weighted by atomic mass is 32.1. The highest BCUT2D eigenvalue weighted by molar-refractivity contribution is 7.17. The number of ether oxygens (including phenoxy) is 3. The van der Waals surface area contributed by atoms with Gasteiger partial charge in [-0.05, 0) is 12.1 Å². The summed E-state index contributed by atoms with van der Waals surface area (Å²) >= 11 is 1.33. The van der Waals surface area contributed by atoms with Gasteiger partial charge in [-0.2, -0.15) is 0 Å². The zero-order chi connectivity index (χ0) is 23.3. The molecule has 1 aliphatic heterocycles. The van der Waals surface area contributed by atoms with E-state index >= 15 is 0 Å². The maximum atomic E-state index is 13.1. The summed E-state index contributed by atoms with van der Waals surface area (Å²) < 4.78 is 16.2. The van der Waals surface area contributed by atoms with Crippen LogP contribution in [0.2, 0.25) is 0 Å². The molecule has 0 saturated heterocycles. The molecule has 4 aromatic rings. The van der Waals surface area contributed by atoms with E-state index in [0.29, 0.717) is 27.8 Å². The average Bonchev–Trinajstić information content (AvgIpc) is 3.54. The number of rotatable bonds is 8. The van der Waals surface area contributed by atoms with Gasteiger partial charge < -0.3 is 24.6 Å². The van der Waals surface area contributed by atoms with Crippen molar-refractivity contribution in [3.63, 3.8) is 0 Å². The molecule has 3 aromatic carbocycles. The van der Waals surface area contributed by atoms with Gasteiger partial charge in [0.15, 0.2) is 11.5 Å². The Morgan fingerprint density at radius 1 is 1.00 bits per heavy atom. The lowest BCUT2D eigenvalue weighted by Gasteiger charge is -2.13. The molecule has 0 spiro atoms. The summed E-state index contributed by atoms with van der Waals surface area (Å²) in [5.41, 5.74) is 2.42. The number of nitrogens with zero attached hydrogens (tertiary/aromatic N) is 1. The van der Waals surface area contributed by atoms with Crippen molar-refractivity contribution in [2.24, 2.45) is 0 Å². The first-order valence-electron chi connectivity index (χ1n) is 10.8. The van der Waals surface area contributed by atoms with E-state index in [2.05, 4.69) is 5.32 Å². The number of aliphatic hydroxyl groups is 1. The SMILES string of the molecule is O=C(NCC(O)COc1ccc2c(c1)OCO2)c1sc(-c2ccccc2)nc1-c1ccccc1. The molecule has 0 radical (unpaired) electrons. The Labute approximate surface area is 200 Å². The largest absolute Gasteiger partial charge is 0.491 e. The first-order valence-corrected chi connectivity index (χ1v) is 11.6. The molecule has 1 unspecified atom stereocenters. The third-order valence-electron chi connectivity index (χ3n) is 5.19. The number of benzene rings is 3. The minimum atomic E-state index is -0.893. The number of aromatic nitrogens is 1. The molecule has 34 heavy (non-hydrogen) atoms. The molecule has 2 heterocycles. The van der Waals surface area contributed by atoms with Gasteiger partial charge in [0, 0.05) is 23.7 Å². The highest BCUT2D eigenvalue weighted by Gasteiger charge is 2.21. The summed E-state index contributed by atoms with van der Waals surface area (Å²) in [5.74, 6) is 1.53. The summed E-state index contributed by atoms with van der Waals surface area (Å²) in [5, 5.41) is 13.9. The van der Waals surface area contributed by atoms with Gasteiger partial charge in [0.25, 0.3) is 5.91 Å². The van der Waals surface area contributed by atoms with Crippen LogP contribution in [0.4, 0.5) is 0 Å². The zero-order valence-corrected chi connectivity index (χ0v) is 19.0. The zero-order valence-electron chi connectivity index (χ0n) is 18.1. The van der Waals surface area contributed by atoms with E-state index in [1.807, 2.05) is 60.7 Å². The number of hydrogen-bond donors (Lipinski definition) is 2. The number of carbonyl (C=O) groups is 1. The molecule has 8 heteroatoms. The molecule has 1 amide bonds. The standard InChI is InChI=1S/C26H22N2O5S/c29-19(15-31-20-11-12-21-22(13-20)33-16-32-21)14-27-25(30)24-23(17-7-3-1-4-8-17)28-26(34-24)18-9-5-2-6-10-18/h1-13,19,29H,14-16H2,(H,27,30). The van der Waals surface area contributed by atoms with Crippen molar-refractivity contribution in [3.05, 3.63) is 83.7 Å². The van der Waals surface area contributed by atoms with E-state index in [0.717, 1.165) is 16.1 Å². The first kappa shape index (κ1) is 21.9. The van der Waals surface area contributed by atoms with Crippen molar-refractivity contribution >= 4 is 17.2 Å². The molecule has 0 bridgehead atoms. The van der Waals surface area contributed by atoms with E-state index in [9.17, 15) is 9.90 Å². The molecular weight excluding hydrogens is 452 g/mol. The molecular formula is C26H22N2O5S. The molecule has 7 nitrogen and oxygen atoms in total. The Morgan fingerprint density at radius 3 is 2.47 bits per heavy atom. The van der Waals surface area contributed by atoms with Crippen molar-refractivity contribution in [2.75, 3.05) is 19.9 Å². The number of amides is 1. The Bertz CT molecular complexity index is 1280. The topological polar surface area (TPSA) is 89.9 Å². The van der Waals surface area contributed by atoms with E-state index in [1.54, 1.807) is 18.2 Å². The molecule has 1 aromatic heterocycles. The number of thiazole rings is 1. The number of carbonyl (C=O) groups excluding carboxylic acids is 1. The number of aliphatic hydroxyl groups excluding tert-OH is 1. The fraction of sp³-hybridized carbons (Fsp3) is 0.154. The summed E-state index contributed by atoms with van der Waals surface area (Å²) in [6.45, 7) is 0.238. The van der Waals surface area contributed by atoms with Crippen molar-refractivity contribution < 1.29 is 24.1 Å². The second-order valence-corrected chi connectivity index (χ2v) is 8.62. The Balaban J connectivity index is 1.26. The van der Waals surface area contributed by atoms with Crippen molar-refractivity contribution in [2.45, 2.75) is 6.10 Å². The molecule has 1 atom stereocenters. The second-order valence-electron chi connectivity index (χ2n) is 7.62. The van der Waals surface area contributed by atoms with Crippen LogP contribution in [0.15, 0.2) is 78.9 Å². The van der Waals surface area contributed by atoms with Crippen molar-refractivity contribution in [1.82, 2.24) is 10.3 Å². The van der Waals surface area contributed by atoms with Crippen LogP contribution in [-0.2, 0) is 0 Å². The first-order chi connectivity index (χ1) is 16.7. The minimum Gasteiger partial charge on any atom is -0.491 e. The summed E-state index contributed by atoms with van der Waals surface area (Å²) in [4.78, 5) is 18.3. The van der Waals surface area contributed by atoms with Gasteiger partial charge in [-0.3, -0.25) is 4.79 Å². The van der Waals surface area contributed by atoms with Crippen LogP contribution >= 0.6 is 11.3 Å². The maximum Gasteiger partial charge on any atom is 0.263 e. The van der Waals surface area contributed by atoms with Crippen molar-refractivity contribution in [1.29, 1.82) is 0 Å². The smallest absolute Gasteiger partial charge is 0.263 e. The average molecular weight is 475 g/mol. The molecule has 0 aliphatic carbocycles. The predicted octanol–water partition coefficient (Wildman–Crippen LogP) is 4.38. The van der Waals surface area contributed by atoms with Crippen LogP contribution in [-0.4, -0.2) is 42.0 Å². The fourth-order valence-corrected chi connectivity index (χ4v) is 4.49. The quantitative estimate of drug-likeness (QED) is 0.394. The van der Waals surface area contributed by atoms with E-state index in [4.69, 9.17) is 19.2 Å². The third kappa shape index (κ3) is 4.88. The second kappa shape index (κ2) is 9.94. The Morgan fingerprint density at radius 2 is 1.71 bits per heavy atom. The fourth-order valence-electron chi connectivity index (χ4n) is 3.48. The van der Waals surface area contributed by atoms with Crippen LogP contribution in [0.5, 0.6) is 17.2 Å².